The van der Waals surface area contributed by atoms with Crippen molar-refractivity contribution in [1.82, 2.24) is 5.32 Å². The molecule has 6 heteroatoms. The lowest BCUT2D eigenvalue weighted by Gasteiger charge is -2.38. The molecule has 1 N–H and O–H groups in total. The number of ether oxygens (including phenoxy) is 3. The molecular weight excluding hydrogens is 430 g/mol. The van der Waals surface area contributed by atoms with E-state index < -0.39 is 6.10 Å². The minimum atomic E-state index is -0.391. The fraction of sp³-hybridized carbons (Fsp3) is 0.714. The molecule has 0 aromatic carbocycles. The molecule has 3 fully saturated rings. The van der Waals surface area contributed by atoms with Crippen LogP contribution in [0, 0.1) is 5.92 Å². The Hall–Kier alpha value is -1.92. The summed E-state index contributed by atoms with van der Waals surface area (Å²) in [6.45, 7) is 10.8. The molecule has 1 spiro atoms. The van der Waals surface area contributed by atoms with E-state index >= 15 is 0 Å². The highest BCUT2D eigenvalue weighted by Crippen LogP contribution is 2.46. The van der Waals surface area contributed by atoms with E-state index in [2.05, 4.69) is 44.3 Å². The van der Waals surface area contributed by atoms with Gasteiger partial charge in [-0.3, -0.25) is 9.59 Å². The quantitative estimate of drug-likeness (QED) is 0.216. The molecule has 2 saturated heterocycles. The molecule has 3 rings (SSSR count). The second kappa shape index (κ2) is 11.7. The Labute approximate surface area is 205 Å². The molecule has 0 radical (unpaired) electrons. The second-order valence-corrected chi connectivity index (χ2v) is 10.9. The number of hydrogen-bond acceptors (Lipinski definition) is 5. The first kappa shape index (κ1) is 26.7. The maximum atomic E-state index is 12.2. The fourth-order valence-corrected chi connectivity index (χ4v) is 5.16. The van der Waals surface area contributed by atoms with Gasteiger partial charge in [0.15, 0.2) is 0 Å². The van der Waals surface area contributed by atoms with Crippen LogP contribution in [0.1, 0.15) is 86.0 Å². The molecule has 1 aliphatic carbocycles. The largest absolute Gasteiger partial charge is 0.458 e. The van der Waals surface area contributed by atoms with E-state index in [1.165, 1.54) is 11.6 Å². The van der Waals surface area contributed by atoms with Crippen molar-refractivity contribution < 1.29 is 23.8 Å². The summed E-state index contributed by atoms with van der Waals surface area (Å²) in [4.78, 5) is 23.5. The Morgan fingerprint density at radius 2 is 1.88 bits per heavy atom. The van der Waals surface area contributed by atoms with E-state index in [1.807, 2.05) is 0 Å². The number of esters is 1. The minimum Gasteiger partial charge on any atom is -0.458 e. The highest BCUT2D eigenvalue weighted by molar-refractivity contribution is 5.87. The van der Waals surface area contributed by atoms with Gasteiger partial charge >= 0.3 is 5.97 Å². The van der Waals surface area contributed by atoms with Gasteiger partial charge in [-0.2, -0.15) is 0 Å². The molecule has 2 heterocycles. The van der Waals surface area contributed by atoms with Crippen LogP contribution in [0.25, 0.3) is 0 Å². The first-order chi connectivity index (χ1) is 16.1. The molecule has 3 atom stereocenters. The van der Waals surface area contributed by atoms with Crippen LogP contribution in [0.15, 0.2) is 36.0 Å². The lowest BCUT2D eigenvalue weighted by molar-refractivity contribution is -0.145. The molecule has 190 valence electrons. The average molecular weight is 474 g/mol. The third kappa shape index (κ3) is 8.70. The van der Waals surface area contributed by atoms with E-state index in [9.17, 15) is 9.59 Å². The van der Waals surface area contributed by atoms with Crippen LogP contribution < -0.4 is 5.32 Å². The van der Waals surface area contributed by atoms with E-state index in [0.717, 1.165) is 51.6 Å². The van der Waals surface area contributed by atoms with Gasteiger partial charge in [-0.05, 0) is 71.8 Å². The first-order valence-corrected chi connectivity index (χ1v) is 12.9. The predicted molar refractivity (Wildman–Crippen MR) is 133 cm³/mol. The van der Waals surface area contributed by atoms with E-state index in [-0.39, 0.29) is 35.2 Å². The molecule has 6 nitrogen and oxygen atoms in total. The average Bonchev–Trinajstić information content (AvgIpc) is 3.51. The highest BCUT2D eigenvalue weighted by atomic mass is 16.6. The zero-order valence-electron chi connectivity index (χ0n) is 21.6. The Morgan fingerprint density at radius 3 is 2.53 bits per heavy atom. The summed E-state index contributed by atoms with van der Waals surface area (Å²) < 4.78 is 17.1. The van der Waals surface area contributed by atoms with Crippen LogP contribution in [0.5, 0.6) is 0 Å². The SMILES string of the molecule is CCC(=O)O[C@@H](C)/C=C\C(=O)NC1CCC(C/C=C(C)/C=C/C2C[C@]3(CO3)CC(C)(C)O2)CC1. The topological polar surface area (TPSA) is 77.2 Å². The summed E-state index contributed by atoms with van der Waals surface area (Å²) in [5, 5.41) is 3.08. The number of allylic oxidation sites excluding steroid dienone is 3. The molecule has 0 aromatic rings. The number of carbonyl (C=O) groups excluding carboxylic acids is 2. The number of rotatable bonds is 9. The fourth-order valence-electron chi connectivity index (χ4n) is 5.16. The summed E-state index contributed by atoms with van der Waals surface area (Å²) in [7, 11) is 0. The summed E-state index contributed by atoms with van der Waals surface area (Å²) in [6.07, 6.45) is 17.1. The number of nitrogens with one attached hydrogen (secondary N) is 1. The van der Waals surface area contributed by atoms with Crippen molar-refractivity contribution >= 4 is 11.9 Å². The van der Waals surface area contributed by atoms with Crippen molar-refractivity contribution in [1.29, 1.82) is 0 Å². The van der Waals surface area contributed by atoms with Crippen molar-refractivity contribution in [2.45, 2.75) is 115 Å². The monoisotopic (exact) mass is 473 g/mol. The van der Waals surface area contributed by atoms with E-state index in [4.69, 9.17) is 14.2 Å². The molecule has 2 aliphatic heterocycles. The van der Waals surface area contributed by atoms with Crippen LogP contribution in [0.4, 0.5) is 0 Å². The Balaban J connectivity index is 1.35. The zero-order chi connectivity index (χ0) is 24.8. The van der Waals surface area contributed by atoms with Crippen LogP contribution in [0.2, 0.25) is 0 Å². The normalized spacial score (nSPS) is 32.1. The molecule has 0 bridgehead atoms. The van der Waals surface area contributed by atoms with Crippen molar-refractivity contribution in [3.8, 4) is 0 Å². The molecule has 34 heavy (non-hydrogen) atoms. The number of carbonyl (C=O) groups is 2. The van der Waals surface area contributed by atoms with Crippen molar-refractivity contribution in [2.75, 3.05) is 6.61 Å². The van der Waals surface area contributed by atoms with E-state index in [0.29, 0.717) is 12.3 Å². The van der Waals surface area contributed by atoms with Gasteiger partial charge in [0.1, 0.15) is 6.10 Å². The third-order valence-corrected chi connectivity index (χ3v) is 7.01. The minimum absolute atomic E-state index is 0.0539. The Morgan fingerprint density at radius 1 is 1.18 bits per heavy atom. The molecule has 1 unspecified atom stereocenters. The van der Waals surface area contributed by atoms with Crippen molar-refractivity contribution in [2.24, 2.45) is 5.92 Å². The lowest BCUT2D eigenvalue weighted by atomic mass is 9.83. The predicted octanol–water partition coefficient (Wildman–Crippen LogP) is 5.18. The van der Waals surface area contributed by atoms with Gasteiger partial charge in [-0.15, -0.1) is 0 Å². The van der Waals surface area contributed by atoms with Crippen LogP contribution in [0.3, 0.4) is 0 Å². The lowest BCUT2D eigenvalue weighted by Crippen LogP contribution is -2.43. The third-order valence-electron chi connectivity index (χ3n) is 7.01. The highest BCUT2D eigenvalue weighted by Gasteiger charge is 2.53. The van der Waals surface area contributed by atoms with Gasteiger partial charge in [-0.1, -0.05) is 30.7 Å². The van der Waals surface area contributed by atoms with Crippen molar-refractivity contribution in [3.05, 3.63) is 36.0 Å². The smallest absolute Gasteiger partial charge is 0.306 e. The zero-order valence-corrected chi connectivity index (χ0v) is 21.6. The molecule has 1 saturated carbocycles. The molecular formula is C28H43NO5. The van der Waals surface area contributed by atoms with Gasteiger partial charge in [0, 0.05) is 31.4 Å². The van der Waals surface area contributed by atoms with Crippen LogP contribution >= 0.6 is 0 Å². The standard InChI is InChI=1S/C28H43NO5/c1-6-26(31)33-21(3)9-16-25(30)29-23-13-11-22(12-14-23)10-7-20(2)8-15-24-17-28(19-32-28)18-27(4,5)34-24/h7-9,15-16,21-24H,6,10-14,17-19H2,1-5H3,(H,29,30)/b15-8+,16-9-,20-7+/t21-,22?,23?,24?,28+/m0/s1. The van der Waals surface area contributed by atoms with Gasteiger partial charge in [0.2, 0.25) is 5.91 Å². The van der Waals surface area contributed by atoms with E-state index in [1.54, 1.807) is 19.9 Å². The van der Waals surface area contributed by atoms with Crippen LogP contribution in [-0.4, -0.2) is 47.9 Å². The second-order valence-electron chi connectivity index (χ2n) is 10.9. The Kier molecular flexibility index (Phi) is 9.16. The summed E-state index contributed by atoms with van der Waals surface area (Å²) in [6, 6.07) is 0.218. The Bertz CT molecular complexity index is 794. The number of epoxide rings is 1. The summed E-state index contributed by atoms with van der Waals surface area (Å²) >= 11 is 0. The maximum Gasteiger partial charge on any atom is 0.306 e. The van der Waals surface area contributed by atoms with Gasteiger partial charge in [0.05, 0.1) is 23.9 Å². The maximum absolute atomic E-state index is 12.2. The van der Waals surface area contributed by atoms with Crippen LogP contribution in [-0.2, 0) is 23.8 Å². The molecule has 1 amide bonds. The molecule has 0 aromatic heterocycles. The summed E-state index contributed by atoms with van der Waals surface area (Å²) in [5.74, 6) is 0.284. The summed E-state index contributed by atoms with van der Waals surface area (Å²) in [5.41, 5.74) is 1.19. The van der Waals surface area contributed by atoms with Crippen molar-refractivity contribution in [3.63, 3.8) is 0 Å². The van der Waals surface area contributed by atoms with Gasteiger partial charge in [-0.25, -0.2) is 0 Å². The number of hydrogen-bond donors (Lipinski definition) is 1. The van der Waals surface area contributed by atoms with Gasteiger partial charge in [0.25, 0.3) is 0 Å². The van der Waals surface area contributed by atoms with Gasteiger partial charge < -0.3 is 19.5 Å². The molecule has 3 aliphatic rings. The number of amides is 1. The first-order valence-electron chi connectivity index (χ1n) is 12.9.